The van der Waals surface area contributed by atoms with Crippen molar-refractivity contribution in [3.8, 4) is 0 Å². The number of hydrogen-bond acceptors (Lipinski definition) is 3. The minimum absolute atomic E-state index is 0. The van der Waals surface area contributed by atoms with Gasteiger partial charge >= 0.3 is 0 Å². The van der Waals surface area contributed by atoms with Crippen molar-refractivity contribution in [2.45, 2.75) is 77.2 Å². The fourth-order valence-corrected chi connectivity index (χ4v) is 3.88. The lowest BCUT2D eigenvalue weighted by Crippen LogP contribution is -2.46. The predicted octanol–water partition coefficient (Wildman–Crippen LogP) is 2.88. The fraction of sp³-hybridized carbons (Fsp3) is 0.895. The van der Waals surface area contributed by atoms with Gasteiger partial charge in [0, 0.05) is 38.6 Å². The number of carbonyl (C=O) groups is 2. The quantitative estimate of drug-likeness (QED) is 0.532. The SMILES string of the molecule is CCCC(=O)N1CCCC(C(=O)NCCNC2CCCCCC2)C1.Cl. The first-order valence-electron chi connectivity index (χ1n) is 9.99. The van der Waals surface area contributed by atoms with Crippen molar-refractivity contribution in [3.05, 3.63) is 0 Å². The zero-order valence-corrected chi connectivity index (χ0v) is 16.5. The van der Waals surface area contributed by atoms with Gasteiger partial charge in [-0.25, -0.2) is 0 Å². The van der Waals surface area contributed by atoms with Crippen LogP contribution in [-0.2, 0) is 9.59 Å². The second-order valence-electron chi connectivity index (χ2n) is 7.36. The van der Waals surface area contributed by atoms with E-state index in [1.54, 1.807) is 0 Å². The van der Waals surface area contributed by atoms with E-state index in [2.05, 4.69) is 10.6 Å². The number of nitrogens with zero attached hydrogens (tertiary/aromatic N) is 1. The Morgan fingerprint density at radius 2 is 1.72 bits per heavy atom. The summed E-state index contributed by atoms with van der Waals surface area (Å²) in [6.07, 6.45) is 11.2. The molecule has 0 aromatic heterocycles. The smallest absolute Gasteiger partial charge is 0.224 e. The van der Waals surface area contributed by atoms with Crippen LogP contribution in [0.25, 0.3) is 0 Å². The molecular weight excluding hydrogens is 338 g/mol. The highest BCUT2D eigenvalue weighted by molar-refractivity contribution is 5.85. The van der Waals surface area contributed by atoms with Gasteiger partial charge in [0.1, 0.15) is 0 Å². The van der Waals surface area contributed by atoms with Crippen molar-refractivity contribution in [3.63, 3.8) is 0 Å². The third kappa shape index (κ3) is 7.95. The van der Waals surface area contributed by atoms with E-state index in [0.29, 0.717) is 25.6 Å². The molecule has 2 amide bonds. The van der Waals surface area contributed by atoms with Crippen LogP contribution in [0.3, 0.4) is 0 Å². The lowest BCUT2D eigenvalue weighted by Gasteiger charge is -2.32. The van der Waals surface area contributed by atoms with Crippen LogP contribution in [-0.4, -0.2) is 48.9 Å². The monoisotopic (exact) mass is 373 g/mol. The van der Waals surface area contributed by atoms with Gasteiger partial charge in [0.15, 0.2) is 0 Å². The Hall–Kier alpha value is -0.810. The second kappa shape index (κ2) is 12.5. The summed E-state index contributed by atoms with van der Waals surface area (Å²) in [5.41, 5.74) is 0. The van der Waals surface area contributed by atoms with E-state index >= 15 is 0 Å². The van der Waals surface area contributed by atoms with Crippen LogP contribution >= 0.6 is 12.4 Å². The van der Waals surface area contributed by atoms with Crippen molar-refractivity contribution >= 4 is 24.2 Å². The third-order valence-electron chi connectivity index (χ3n) is 5.32. The first-order valence-corrected chi connectivity index (χ1v) is 9.99. The van der Waals surface area contributed by atoms with Crippen LogP contribution in [0.1, 0.15) is 71.1 Å². The zero-order valence-electron chi connectivity index (χ0n) is 15.7. The van der Waals surface area contributed by atoms with Crippen LogP contribution in [0.5, 0.6) is 0 Å². The molecule has 1 aliphatic carbocycles. The molecule has 146 valence electrons. The lowest BCUT2D eigenvalue weighted by molar-refractivity contribution is -0.135. The summed E-state index contributed by atoms with van der Waals surface area (Å²) in [6, 6.07) is 0.626. The van der Waals surface area contributed by atoms with Crippen LogP contribution in [0.2, 0.25) is 0 Å². The van der Waals surface area contributed by atoms with Gasteiger partial charge in [-0.2, -0.15) is 0 Å². The summed E-state index contributed by atoms with van der Waals surface area (Å²) < 4.78 is 0. The van der Waals surface area contributed by atoms with Gasteiger partial charge in [0.2, 0.25) is 11.8 Å². The third-order valence-corrected chi connectivity index (χ3v) is 5.32. The Labute approximate surface area is 159 Å². The van der Waals surface area contributed by atoms with E-state index in [4.69, 9.17) is 0 Å². The largest absolute Gasteiger partial charge is 0.355 e. The molecule has 6 heteroatoms. The highest BCUT2D eigenvalue weighted by Gasteiger charge is 2.27. The summed E-state index contributed by atoms with van der Waals surface area (Å²) >= 11 is 0. The first-order chi connectivity index (χ1) is 11.7. The maximum atomic E-state index is 12.4. The molecule has 1 saturated carbocycles. The van der Waals surface area contributed by atoms with Crippen LogP contribution in [0.4, 0.5) is 0 Å². The van der Waals surface area contributed by atoms with Gasteiger partial charge < -0.3 is 15.5 Å². The van der Waals surface area contributed by atoms with Crippen LogP contribution < -0.4 is 10.6 Å². The molecule has 25 heavy (non-hydrogen) atoms. The van der Waals surface area contributed by atoms with Crippen molar-refractivity contribution < 1.29 is 9.59 Å². The number of amides is 2. The molecule has 5 nitrogen and oxygen atoms in total. The average Bonchev–Trinajstić information content (AvgIpc) is 2.87. The molecule has 0 aromatic rings. The highest BCUT2D eigenvalue weighted by atomic mass is 35.5. The van der Waals surface area contributed by atoms with E-state index in [0.717, 1.165) is 32.4 Å². The molecule has 1 saturated heterocycles. The average molecular weight is 374 g/mol. The number of halogens is 1. The summed E-state index contributed by atoms with van der Waals surface area (Å²) in [4.78, 5) is 26.2. The number of piperidine rings is 1. The van der Waals surface area contributed by atoms with Gasteiger partial charge in [-0.3, -0.25) is 9.59 Å². The Balaban J connectivity index is 0.00000312. The molecule has 2 fully saturated rings. The molecule has 1 unspecified atom stereocenters. The zero-order chi connectivity index (χ0) is 17.2. The molecule has 0 spiro atoms. The van der Waals surface area contributed by atoms with Gasteiger partial charge in [-0.05, 0) is 32.1 Å². The highest BCUT2D eigenvalue weighted by Crippen LogP contribution is 2.18. The van der Waals surface area contributed by atoms with E-state index in [9.17, 15) is 9.59 Å². The summed E-state index contributed by atoms with van der Waals surface area (Å²) in [5.74, 6) is 0.286. The van der Waals surface area contributed by atoms with E-state index in [-0.39, 0.29) is 30.1 Å². The minimum Gasteiger partial charge on any atom is -0.355 e. The number of carbonyl (C=O) groups excluding carboxylic acids is 2. The van der Waals surface area contributed by atoms with E-state index in [1.807, 2.05) is 11.8 Å². The van der Waals surface area contributed by atoms with Crippen LogP contribution in [0, 0.1) is 5.92 Å². The van der Waals surface area contributed by atoms with Gasteiger partial charge in [0.25, 0.3) is 0 Å². The fourth-order valence-electron chi connectivity index (χ4n) is 3.88. The van der Waals surface area contributed by atoms with E-state index in [1.165, 1.54) is 38.5 Å². The van der Waals surface area contributed by atoms with Crippen molar-refractivity contribution in [1.82, 2.24) is 15.5 Å². The van der Waals surface area contributed by atoms with Gasteiger partial charge in [-0.15, -0.1) is 12.4 Å². The Morgan fingerprint density at radius 3 is 2.40 bits per heavy atom. The minimum atomic E-state index is -0.0302. The molecule has 1 heterocycles. The number of hydrogen-bond donors (Lipinski definition) is 2. The molecule has 0 aromatic carbocycles. The molecule has 1 aliphatic heterocycles. The van der Waals surface area contributed by atoms with Crippen molar-refractivity contribution in [1.29, 1.82) is 0 Å². The maximum absolute atomic E-state index is 12.4. The molecule has 1 atom stereocenters. The summed E-state index contributed by atoms with van der Waals surface area (Å²) in [5, 5.41) is 6.64. The Morgan fingerprint density at radius 1 is 1.00 bits per heavy atom. The normalized spacial score (nSPS) is 22.0. The summed E-state index contributed by atoms with van der Waals surface area (Å²) in [6.45, 7) is 4.97. The van der Waals surface area contributed by atoms with Gasteiger partial charge in [-0.1, -0.05) is 32.6 Å². The number of rotatable bonds is 7. The van der Waals surface area contributed by atoms with E-state index < -0.39 is 0 Å². The van der Waals surface area contributed by atoms with Gasteiger partial charge in [0.05, 0.1) is 5.92 Å². The molecule has 0 radical (unpaired) electrons. The predicted molar refractivity (Wildman–Crippen MR) is 104 cm³/mol. The molecular formula is C19H36ClN3O2. The number of likely N-dealkylation sites (tertiary alicyclic amines) is 1. The molecule has 2 rings (SSSR count). The Bertz CT molecular complexity index is 398. The molecule has 0 bridgehead atoms. The lowest BCUT2D eigenvalue weighted by atomic mass is 9.96. The second-order valence-corrected chi connectivity index (χ2v) is 7.36. The first kappa shape index (κ1) is 22.2. The number of nitrogens with one attached hydrogen (secondary N) is 2. The Kier molecular flexibility index (Phi) is 11.1. The molecule has 2 N–H and O–H groups in total. The molecule has 2 aliphatic rings. The topological polar surface area (TPSA) is 61.4 Å². The van der Waals surface area contributed by atoms with Crippen molar-refractivity contribution in [2.24, 2.45) is 5.92 Å². The van der Waals surface area contributed by atoms with Crippen LogP contribution in [0.15, 0.2) is 0 Å². The summed E-state index contributed by atoms with van der Waals surface area (Å²) in [7, 11) is 0. The maximum Gasteiger partial charge on any atom is 0.224 e. The standard InChI is InChI=1S/C19H35N3O2.ClH/c1-2-8-18(23)22-14-7-9-16(15-22)19(24)21-13-12-20-17-10-5-3-4-6-11-17;/h16-17,20H,2-15H2,1H3,(H,21,24);1H. The van der Waals surface area contributed by atoms with Crippen molar-refractivity contribution in [2.75, 3.05) is 26.2 Å².